The van der Waals surface area contributed by atoms with Gasteiger partial charge in [-0.05, 0) is 38.7 Å². The summed E-state index contributed by atoms with van der Waals surface area (Å²) >= 11 is 0. The Balaban J connectivity index is 1.48. The van der Waals surface area contributed by atoms with Crippen LogP contribution in [0.15, 0.2) is 36.4 Å². The molecule has 2 heterocycles. The first-order chi connectivity index (χ1) is 12.6. The zero-order valence-electron chi connectivity index (χ0n) is 15.4. The van der Waals surface area contributed by atoms with E-state index in [9.17, 15) is 4.79 Å². The van der Waals surface area contributed by atoms with Crippen molar-refractivity contribution in [2.24, 2.45) is 0 Å². The van der Waals surface area contributed by atoms with Gasteiger partial charge in [-0.25, -0.2) is 9.78 Å². The van der Waals surface area contributed by atoms with Crippen molar-refractivity contribution < 1.29 is 9.53 Å². The molecule has 0 aliphatic carbocycles. The highest BCUT2D eigenvalue weighted by molar-refractivity contribution is 5.74. The molecule has 1 N–H and O–H groups in total. The first kappa shape index (κ1) is 18.2. The van der Waals surface area contributed by atoms with E-state index in [-0.39, 0.29) is 12.1 Å². The zero-order valence-corrected chi connectivity index (χ0v) is 15.4. The Morgan fingerprint density at radius 2 is 2.08 bits per heavy atom. The summed E-state index contributed by atoms with van der Waals surface area (Å²) in [5.41, 5.74) is 2.11. The third-order valence-electron chi connectivity index (χ3n) is 4.43. The minimum Gasteiger partial charge on any atom is -0.472 e. The average Bonchev–Trinajstić information content (AvgIpc) is 2.62. The molecule has 1 aliphatic rings. The summed E-state index contributed by atoms with van der Waals surface area (Å²) in [6.07, 6.45) is 2.66. The van der Waals surface area contributed by atoms with E-state index in [0.717, 1.165) is 31.5 Å². The van der Waals surface area contributed by atoms with Gasteiger partial charge >= 0.3 is 6.03 Å². The molecule has 1 unspecified atom stereocenters. The van der Waals surface area contributed by atoms with Gasteiger partial charge in [-0.15, -0.1) is 0 Å². The molecule has 0 saturated carbocycles. The van der Waals surface area contributed by atoms with Crippen LogP contribution >= 0.6 is 0 Å². The number of aryl methyl sites for hydroxylation is 2. The first-order valence-electron chi connectivity index (χ1n) is 9.16. The second-order valence-corrected chi connectivity index (χ2v) is 6.69. The summed E-state index contributed by atoms with van der Waals surface area (Å²) in [7, 11) is 0. The lowest BCUT2D eigenvalue weighted by Gasteiger charge is -2.32. The van der Waals surface area contributed by atoms with Gasteiger partial charge in [-0.2, -0.15) is 4.98 Å². The molecular formula is C20H26N4O2. The monoisotopic (exact) mass is 354 g/mol. The van der Waals surface area contributed by atoms with Gasteiger partial charge in [0.05, 0.1) is 6.54 Å². The molecule has 1 aromatic carbocycles. The van der Waals surface area contributed by atoms with E-state index in [1.165, 1.54) is 5.56 Å². The molecule has 0 bridgehead atoms. The molecule has 1 saturated heterocycles. The molecule has 3 rings (SSSR count). The number of aromatic nitrogens is 2. The average molecular weight is 354 g/mol. The molecule has 1 fully saturated rings. The molecule has 6 heteroatoms. The summed E-state index contributed by atoms with van der Waals surface area (Å²) in [4.78, 5) is 22.9. The first-order valence-corrected chi connectivity index (χ1v) is 9.16. The van der Waals surface area contributed by atoms with E-state index in [2.05, 4.69) is 27.4 Å². The second-order valence-electron chi connectivity index (χ2n) is 6.69. The van der Waals surface area contributed by atoms with Gasteiger partial charge in [0.15, 0.2) is 0 Å². The van der Waals surface area contributed by atoms with E-state index >= 15 is 0 Å². The van der Waals surface area contributed by atoms with Crippen LogP contribution in [0, 0.1) is 13.8 Å². The van der Waals surface area contributed by atoms with E-state index in [1.807, 2.05) is 43.0 Å². The van der Waals surface area contributed by atoms with Crippen molar-refractivity contribution in [2.45, 2.75) is 39.2 Å². The number of hydrogen-bond donors (Lipinski definition) is 1. The number of carbonyl (C=O) groups excluding carboxylic acids is 1. The molecule has 1 aromatic heterocycles. The number of likely N-dealkylation sites (tertiary alicyclic amines) is 1. The summed E-state index contributed by atoms with van der Waals surface area (Å²) in [6.45, 7) is 5.76. The van der Waals surface area contributed by atoms with Crippen LogP contribution in [0.25, 0.3) is 0 Å². The van der Waals surface area contributed by atoms with Crippen LogP contribution < -0.4 is 10.1 Å². The van der Waals surface area contributed by atoms with Gasteiger partial charge in [0, 0.05) is 24.8 Å². The van der Waals surface area contributed by atoms with Gasteiger partial charge < -0.3 is 15.0 Å². The summed E-state index contributed by atoms with van der Waals surface area (Å²) in [5, 5.41) is 3.01. The fourth-order valence-corrected chi connectivity index (χ4v) is 3.20. The lowest BCUT2D eigenvalue weighted by molar-refractivity contribution is 0.0976. The number of piperidine rings is 1. The van der Waals surface area contributed by atoms with Crippen molar-refractivity contribution in [3.05, 3.63) is 53.5 Å². The van der Waals surface area contributed by atoms with Gasteiger partial charge in [0.2, 0.25) is 5.88 Å². The van der Waals surface area contributed by atoms with Crippen molar-refractivity contribution in [1.82, 2.24) is 20.2 Å². The smallest absolute Gasteiger partial charge is 0.317 e. The minimum absolute atomic E-state index is 0.0238. The third-order valence-corrected chi connectivity index (χ3v) is 4.43. The molecule has 2 amide bonds. The van der Waals surface area contributed by atoms with Crippen molar-refractivity contribution in [3.8, 4) is 5.88 Å². The van der Waals surface area contributed by atoms with Gasteiger partial charge in [-0.1, -0.05) is 30.3 Å². The number of carbonyl (C=O) groups is 1. The Bertz CT molecular complexity index is 716. The van der Waals surface area contributed by atoms with Crippen molar-refractivity contribution >= 4 is 6.03 Å². The predicted molar refractivity (Wildman–Crippen MR) is 100 cm³/mol. The van der Waals surface area contributed by atoms with Crippen LogP contribution in [-0.2, 0) is 6.42 Å². The Kier molecular flexibility index (Phi) is 6.04. The normalized spacial score (nSPS) is 17.0. The summed E-state index contributed by atoms with van der Waals surface area (Å²) in [5.74, 6) is 1.29. The standard InChI is InChI=1S/C20H26N4O2/c1-15-13-19(23-16(2)22-15)26-18-9-6-12-24(14-18)20(25)21-11-10-17-7-4-3-5-8-17/h3-5,7-8,13,18H,6,9-12,14H2,1-2H3,(H,21,25). The largest absolute Gasteiger partial charge is 0.472 e. The van der Waals surface area contributed by atoms with Crippen LogP contribution in [0.5, 0.6) is 5.88 Å². The van der Waals surface area contributed by atoms with Crippen molar-refractivity contribution in [1.29, 1.82) is 0 Å². The highest BCUT2D eigenvalue weighted by Crippen LogP contribution is 2.17. The van der Waals surface area contributed by atoms with Crippen LogP contribution in [0.1, 0.15) is 29.9 Å². The van der Waals surface area contributed by atoms with Gasteiger partial charge in [-0.3, -0.25) is 0 Å². The van der Waals surface area contributed by atoms with Crippen LogP contribution in [0.2, 0.25) is 0 Å². The number of urea groups is 1. The Morgan fingerprint density at radius 3 is 2.85 bits per heavy atom. The number of benzene rings is 1. The number of rotatable bonds is 5. The second kappa shape index (κ2) is 8.65. The molecule has 1 atom stereocenters. The maximum absolute atomic E-state index is 12.4. The van der Waals surface area contributed by atoms with Gasteiger partial charge in [0.1, 0.15) is 11.9 Å². The molecule has 6 nitrogen and oxygen atoms in total. The molecule has 0 radical (unpaired) electrons. The topological polar surface area (TPSA) is 67.3 Å². The van der Waals surface area contributed by atoms with Gasteiger partial charge in [0.25, 0.3) is 0 Å². The Labute approximate surface area is 154 Å². The van der Waals surface area contributed by atoms with E-state index in [4.69, 9.17) is 4.74 Å². The highest BCUT2D eigenvalue weighted by atomic mass is 16.5. The Morgan fingerprint density at radius 1 is 1.27 bits per heavy atom. The molecular weight excluding hydrogens is 328 g/mol. The number of ether oxygens (including phenoxy) is 1. The molecule has 2 aromatic rings. The fourth-order valence-electron chi connectivity index (χ4n) is 3.20. The van der Waals surface area contributed by atoms with Crippen molar-refractivity contribution in [3.63, 3.8) is 0 Å². The third kappa shape index (κ3) is 5.18. The summed E-state index contributed by atoms with van der Waals surface area (Å²) in [6, 6.07) is 12.0. The van der Waals surface area contributed by atoms with Crippen molar-refractivity contribution in [2.75, 3.05) is 19.6 Å². The molecule has 1 aliphatic heterocycles. The Hall–Kier alpha value is -2.63. The number of nitrogens with zero attached hydrogens (tertiary/aromatic N) is 3. The minimum atomic E-state index is -0.0303. The maximum Gasteiger partial charge on any atom is 0.317 e. The van der Waals surface area contributed by atoms with E-state index in [1.54, 1.807) is 0 Å². The zero-order chi connectivity index (χ0) is 18.4. The van der Waals surface area contributed by atoms with Crippen LogP contribution in [-0.4, -0.2) is 46.6 Å². The number of nitrogens with one attached hydrogen (secondary N) is 1. The summed E-state index contributed by atoms with van der Waals surface area (Å²) < 4.78 is 6.00. The predicted octanol–water partition coefficient (Wildman–Crippen LogP) is 2.89. The fraction of sp³-hybridized carbons (Fsp3) is 0.450. The quantitative estimate of drug-likeness (QED) is 0.896. The highest BCUT2D eigenvalue weighted by Gasteiger charge is 2.25. The lowest BCUT2D eigenvalue weighted by Crippen LogP contribution is -2.49. The lowest BCUT2D eigenvalue weighted by atomic mass is 10.1. The number of amides is 2. The van der Waals surface area contributed by atoms with E-state index in [0.29, 0.717) is 24.8 Å². The number of hydrogen-bond acceptors (Lipinski definition) is 4. The maximum atomic E-state index is 12.4. The molecule has 138 valence electrons. The molecule has 26 heavy (non-hydrogen) atoms. The molecule has 0 spiro atoms. The van der Waals surface area contributed by atoms with E-state index < -0.39 is 0 Å². The SMILES string of the molecule is Cc1cc(OC2CCCN(C(=O)NCCc3ccccc3)C2)nc(C)n1. The van der Waals surface area contributed by atoms with Crippen LogP contribution in [0.4, 0.5) is 4.79 Å². The van der Waals surface area contributed by atoms with Crippen LogP contribution in [0.3, 0.4) is 0 Å².